The molecule has 0 amide bonds. The predicted molar refractivity (Wildman–Crippen MR) is 75.5 cm³/mol. The Morgan fingerprint density at radius 1 is 1.42 bits per heavy atom. The molecular formula is C14H13BrN2O2. The lowest BCUT2D eigenvalue weighted by molar-refractivity contribution is 0.258. The maximum atomic E-state index is 12.0. The molecule has 0 N–H and O–H groups in total. The summed E-state index contributed by atoms with van der Waals surface area (Å²) in [4.78, 5) is 16.1. The predicted octanol–water partition coefficient (Wildman–Crippen LogP) is 2.57. The summed E-state index contributed by atoms with van der Waals surface area (Å²) in [5.41, 5.74) is 1.12. The molecule has 2 aromatic rings. The highest BCUT2D eigenvalue weighted by molar-refractivity contribution is 9.10. The molecule has 1 aromatic carbocycles. The van der Waals surface area contributed by atoms with Gasteiger partial charge in [0.1, 0.15) is 10.2 Å². The summed E-state index contributed by atoms with van der Waals surface area (Å²) in [6.45, 7) is 1.32. The van der Waals surface area contributed by atoms with Crippen LogP contribution in [0.5, 0.6) is 5.75 Å². The van der Waals surface area contributed by atoms with Gasteiger partial charge in [0, 0.05) is 18.7 Å². The first kappa shape index (κ1) is 12.4. The summed E-state index contributed by atoms with van der Waals surface area (Å²) in [5.74, 6) is 1.22. The number of para-hydroxylation sites is 1. The van der Waals surface area contributed by atoms with Gasteiger partial charge in [-0.25, -0.2) is 4.98 Å². The van der Waals surface area contributed by atoms with E-state index in [0.717, 1.165) is 12.2 Å². The highest BCUT2D eigenvalue weighted by atomic mass is 79.9. The van der Waals surface area contributed by atoms with Crippen LogP contribution in [0.15, 0.2) is 46.1 Å². The van der Waals surface area contributed by atoms with Crippen LogP contribution in [-0.4, -0.2) is 16.2 Å². The van der Waals surface area contributed by atoms with Gasteiger partial charge in [0.15, 0.2) is 0 Å². The molecule has 2 heterocycles. The van der Waals surface area contributed by atoms with E-state index in [1.54, 1.807) is 10.9 Å². The SMILES string of the molecule is O=c1c(Br)cncn1CC1CCOc2ccccc21. The van der Waals surface area contributed by atoms with Crippen molar-refractivity contribution in [2.45, 2.75) is 18.9 Å². The van der Waals surface area contributed by atoms with Gasteiger partial charge in [-0.3, -0.25) is 9.36 Å². The zero-order valence-electron chi connectivity index (χ0n) is 10.3. The maximum Gasteiger partial charge on any atom is 0.267 e. The number of hydrogen-bond donors (Lipinski definition) is 0. The molecule has 0 fully saturated rings. The van der Waals surface area contributed by atoms with E-state index in [2.05, 4.69) is 27.0 Å². The van der Waals surface area contributed by atoms with Gasteiger partial charge in [0.25, 0.3) is 5.56 Å². The third kappa shape index (κ3) is 2.42. The molecule has 3 rings (SSSR count). The lowest BCUT2D eigenvalue weighted by Crippen LogP contribution is -2.26. The number of aromatic nitrogens is 2. The van der Waals surface area contributed by atoms with Crippen LogP contribution in [0.1, 0.15) is 17.9 Å². The molecule has 1 aliphatic heterocycles. The average molecular weight is 321 g/mol. The van der Waals surface area contributed by atoms with Crippen LogP contribution >= 0.6 is 15.9 Å². The number of rotatable bonds is 2. The van der Waals surface area contributed by atoms with Crippen LogP contribution in [0.25, 0.3) is 0 Å². The Labute approximate surface area is 119 Å². The molecule has 5 heteroatoms. The lowest BCUT2D eigenvalue weighted by Gasteiger charge is -2.26. The number of nitrogens with zero attached hydrogens (tertiary/aromatic N) is 2. The maximum absolute atomic E-state index is 12.0. The standard InChI is InChI=1S/C14H13BrN2O2/c15-12-7-16-9-17(14(12)18)8-10-5-6-19-13-4-2-1-3-11(10)13/h1-4,7,9-10H,5-6,8H2. The van der Waals surface area contributed by atoms with Crippen molar-refractivity contribution in [1.82, 2.24) is 9.55 Å². The van der Waals surface area contributed by atoms with E-state index in [4.69, 9.17) is 4.74 Å². The minimum absolute atomic E-state index is 0.0426. The Kier molecular flexibility index (Phi) is 3.38. The van der Waals surface area contributed by atoms with Crippen LogP contribution in [0.4, 0.5) is 0 Å². The topological polar surface area (TPSA) is 44.1 Å². The van der Waals surface area contributed by atoms with Crippen molar-refractivity contribution in [3.8, 4) is 5.75 Å². The number of hydrogen-bond acceptors (Lipinski definition) is 3. The second kappa shape index (κ2) is 5.17. The van der Waals surface area contributed by atoms with Gasteiger partial charge in [-0.2, -0.15) is 0 Å². The number of fused-ring (bicyclic) bond motifs is 1. The second-order valence-electron chi connectivity index (χ2n) is 4.57. The van der Waals surface area contributed by atoms with Crippen LogP contribution in [0.2, 0.25) is 0 Å². The molecule has 1 unspecified atom stereocenters. The van der Waals surface area contributed by atoms with E-state index in [-0.39, 0.29) is 5.56 Å². The Morgan fingerprint density at radius 2 is 2.26 bits per heavy atom. The van der Waals surface area contributed by atoms with Crippen molar-refractivity contribution in [1.29, 1.82) is 0 Å². The molecule has 0 saturated heterocycles. The quantitative estimate of drug-likeness (QED) is 0.854. The van der Waals surface area contributed by atoms with Crippen molar-refractivity contribution in [3.63, 3.8) is 0 Å². The molecule has 1 aliphatic rings. The number of ether oxygens (including phenoxy) is 1. The van der Waals surface area contributed by atoms with Crippen molar-refractivity contribution in [2.75, 3.05) is 6.61 Å². The number of benzene rings is 1. The number of halogens is 1. The van der Waals surface area contributed by atoms with E-state index in [1.807, 2.05) is 18.2 Å². The average Bonchev–Trinajstić information content (AvgIpc) is 2.44. The van der Waals surface area contributed by atoms with Gasteiger partial charge < -0.3 is 4.74 Å². The molecule has 0 radical (unpaired) electrons. The summed E-state index contributed by atoms with van der Waals surface area (Å²) >= 11 is 3.22. The Bertz CT molecular complexity index is 654. The van der Waals surface area contributed by atoms with Gasteiger partial charge in [0.2, 0.25) is 0 Å². The minimum atomic E-state index is -0.0426. The normalized spacial score (nSPS) is 17.6. The molecule has 0 aliphatic carbocycles. The monoisotopic (exact) mass is 320 g/mol. The molecular weight excluding hydrogens is 308 g/mol. The van der Waals surface area contributed by atoms with Gasteiger partial charge in [0.05, 0.1) is 12.9 Å². The Balaban J connectivity index is 1.93. The molecule has 1 atom stereocenters. The fraction of sp³-hybridized carbons (Fsp3) is 0.286. The van der Waals surface area contributed by atoms with Crippen LogP contribution in [0, 0.1) is 0 Å². The van der Waals surface area contributed by atoms with E-state index in [0.29, 0.717) is 23.5 Å². The van der Waals surface area contributed by atoms with E-state index >= 15 is 0 Å². The summed E-state index contributed by atoms with van der Waals surface area (Å²) in [7, 11) is 0. The van der Waals surface area contributed by atoms with Crippen LogP contribution in [-0.2, 0) is 6.54 Å². The van der Waals surface area contributed by atoms with E-state index < -0.39 is 0 Å². The summed E-state index contributed by atoms with van der Waals surface area (Å²) in [6, 6.07) is 8.01. The summed E-state index contributed by atoms with van der Waals surface area (Å²) in [6.07, 6.45) is 4.03. The van der Waals surface area contributed by atoms with Crippen molar-refractivity contribution in [2.24, 2.45) is 0 Å². The van der Waals surface area contributed by atoms with Crippen molar-refractivity contribution in [3.05, 3.63) is 57.2 Å². The first-order chi connectivity index (χ1) is 9.25. The Hall–Kier alpha value is -1.62. The molecule has 1 aromatic heterocycles. The van der Waals surface area contributed by atoms with Gasteiger partial charge >= 0.3 is 0 Å². The smallest absolute Gasteiger partial charge is 0.267 e. The van der Waals surface area contributed by atoms with Crippen molar-refractivity contribution >= 4 is 15.9 Å². The Morgan fingerprint density at radius 3 is 3.16 bits per heavy atom. The highest BCUT2D eigenvalue weighted by Crippen LogP contribution is 2.34. The van der Waals surface area contributed by atoms with Gasteiger partial charge in [-0.05, 0) is 34.0 Å². The molecule has 0 saturated carbocycles. The molecule has 98 valence electrons. The minimum Gasteiger partial charge on any atom is -0.493 e. The molecule has 0 bridgehead atoms. The molecule has 4 nitrogen and oxygen atoms in total. The fourth-order valence-electron chi connectivity index (χ4n) is 2.40. The van der Waals surface area contributed by atoms with Crippen LogP contribution in [0.3, 0.4) is 0 Å². The molecule has 19 heavy (non-hydrogen) atoms. The second-order valence-corrected chi connectivity index (χ2v) is 5.43. The summed E-state index contributed by atoms with van der Waals surface area (Å²) < 4.78 is 7.78. The van der Waals surface area contributed by atoms with Crippen molar-refractivity contribution < 1.29 is 4.74 Å². The van der Waals surface area contributed by atoms with Gasteiger partial charge in [-0.15, -0.1) is 0 Å². The fourth-order valence-corrected chi connectivity index (χ4v) is 2.74. The lowest BCUT2D eigenvalue weighted by atomic mass is 9.93. The first-order valence-electron chi connectivity index (χ1n) is 6.17. The zero-order valence-corrected chi connectivity index (χ0v) is 11.8. The van der Waals surface area contributed by atoms with Gasteiger partial charge in [-0.1, -0.05) is 18.2 Å². The van der Waals surface area contributed by atoms with E-state index in [1.165, 1.54) is 11.8 Å². The molecule has 0 spiro atoms. The third-order valence-electron chi connectivity index (χ3n) is 3.36. The zero-order chi connectivity index (χ0) is 13.2. The largest absolute Gasteiger partial charge is 0.493 e. The first-order valence-corrected chi connectivity index (χ1v) is 6.96. The third-order valence-corrected chi connectivity index (χ3v) is 3.90. The van der Waals surface area contributed by atoms with E-state index in [9.17, 15) is 4.79 Å². The summed E-state index contributed by atoms with van der Waals surface area (Å²) in [5, 5.41) is 0. The highest BCUT2D eigenvalue weighted by Gasteiger charge is 2.21. The van der Waals surface area contributed by atoms with Crippen LogP contribution < -0.4 is 10.3 Å².